The van der Waals surface area contributed by atoms with Crippen molar-refractivity contribution in [1.82, 2.24) is 15.1 Å². The number of hydrogen-bond acceptors (Lipinski definition) is 3. The summed E-state index contributed by atoms with van der Waals surface area (Å²) in [6.45, 7) is 7.75. The normalized spacial score (nSPS) is 17.1. The van der Waals surface area contributed by atoms with Gasteiger partial charge < -0.3 is 15.0 Å². The van der Waals surface area contributed by atoms with Crippen molar-refractivity contribution >= 4 is 17.6 Å². The lowest BCUT2D eigenvalue weighted by molar-refractivity contribution is 0.106. The number of ether oxygens (including phenoxy) is 1. The standard InChI is InChI=1S/C17H26ClN3O2/c1-14(15-3-5-16(18)6-4-15)13-19-17(22)21-9-7-20(8-10-21)11-12-23-2/h3-6,14H,7-13H2,1-2H3,(H,19,22)/t14-/m1/s1. The van der Waals surface area contributed by atoms with Gasteiger partial charge in [-0.15, -0.1) is 0 Å². The van der Waals surface area contributed by atoms with Gasteiger partial charge in [0.05, 0.1) is 6.61 Å². The first-order valence-corrected chi connectivity index (χ1v) is 8.47. The lowest BCUT2D eigenvalue weighted by Gasteiger charge is -2.34. The van der Waals surface area contributed by atoms with Gasteiger partial charge in [0.25, 0.3) is 0 Å². The number of nitrogens with one attached hydrogen (secondary N) is 1. The zero-order valence-electron chi connectivity index (χ0n) is 13.9. The minimum atomic E-state index is 0.0252. The quantitative estimate of drug-likeness (QED) is 0.865. The van der Waals surface area contributed by atoms with E-state index in [9.17, 15) is 4.79 Å². The third kappa shape index (κ3) is 5.68. The Balaban J connectivity index is 1.72. The van der Waals surface area contributed by atoms with Gasteiger partial charge >= 0.3 is 6.03 Å². The summed E-state index contributed by atoms with van der Waals surface area (Å²) >= 11 is 5.90. The van der Waals surface area contributed by atoms with E-state index >= 15 is 0 Å². The van der Waals surface area contributed by atoms with Crippen LogP contribution < -0.4 is 5.32 Å². The number of rotatable bonds is 6. The largest absolute Gasteiger partial charge is 0.383 e. The number of hydrogen-bond donors (Lipinski definition) is 1. The molecule has 1 saturated heterocycles. The predicted molar refractivity (Wildman–Crippen MR) is 93.2 cm³/mol. The molecule has 1 aromatic rings. The number of piperazine rings is 1. The summed E-state index contributed by atoms with van der Waals surface area (Å²) in [5, 5.41) is 3.77. The fraction of sp³-hybridized carbons (Fsp3) is 0.588. The molecule has 23 heavy (non-hydrogen) atoms. The van der Waals surface area contributed by atoms with E-state index in [0.717, 1.165) is 44.4 Å². The second-order valence-corrected chi connectivity index (χ2v) is 6.40. The first-order chi connectivity index (χ1) is 11.1. The van der Waals surface area contributed by atoms with Crippen molar-refractivity contribution in [3.05, 3.63) is 34.9 Å². The molecule has 1 aliphatic rings. The van der Waals surface area contributed by atoms with Gasteiger partial charge in [0.2, 0.25) is 0 Å². The molecule has 0 radical (unpaired) electrons. The highest BCUT2D eigenvalue weighted by atomic mass is 35.5. The zero-order valence-corrected chi connectivity index (χ0v) is 14.7. The maximum absolute atomic E-state index is 12.3. The molecule has 1 fully saturated rings. The maximum Gasteiger partial charge on any atom is 0.317 e. The summed E-state index contributed by atoms with van der Waals surface area (Å²) < 4.78 is 5.09. The summed E-state index contributed by atoms with van der Waals surface area (Å²) in [5.41, 5.74) is 1.18. The van der Waals surface area contributed by atoms with Crippen molar-refractivity contribution in [3.8, 4) is 0 Å². The second kappa shape index (κ2) is 9.11. The minimum absolute atomic E-state index is 0.0252. The van der Waals surface area contributed by atoms with E-state index in [4.69, 9.17) is 16.3 Å². The SMILES string of the molecule is COCCN1CCN(C(=O)NC[C@@H](C)c2ccc(Cl)cc2)CC1. The molecule has 0 bridgehead atoms. The van der Waals surface area contributed by atoms with Crippen molar-refractivity contribution in [2.75, 3.05) is 53.0 Å². The Labute approximate surface area is 143 Å². The van der Waals surface area contributed by atoms with Gasteiger partial charge in [-0.25, -0.2) is 4.79 Å². The van der Waals surface area contributed by atoms with E-state index in [-0.39, 0.29) is 11.9 Å². The first-order valence-electron chi connectivity index (χ1n) is 8.09. The monoisotopic (exact) mass is 339 g/mol. The molecule has 1 atom stereocenters. The van der Waals surface area contributed by atoms with E-state index in [1.807, 2.05) is 29.2 Å². The van der Waals surface area contributed by atoms with Gasteiger partial charge in [-0.2, -0.15) is 0 Å². The van der Waals surface area contributed by atoms with E-state index in [1.165, 1.54) is 5.56 Å². The van der Waals surface area contributed by atoms with Crippen LogP contribution in [0.1, 0.15) is 18.4 Å². The molecule has 2 rings (SSSR count). The Morgan fingerprint density at radius 1 is 1.26 bits per heavy atom. The topological polar surface area (TPSA) is 44.8 Å². The number of nitrogens with zero attached hydrogens (tertiary/aromatic N) is 2. The summed E-state index contributed by atoms with van der Waals surface area (Å²) in [7, 11) is 1.71. The molecular formula is C17H26ClN3O2. The number of carbonyl (C=O) groups excluding carboxylic acids is 1. The molecule has 1 aliphatic heterocycles. The van der Waals surface area contributed by atoms with E-state index in [2.05, 4.69) is 17.1 Å². The summed E-state index contributed by atoms with van der Waals surface area (Å²) in [4.78, 5) is 16.5. The lowest BCUT2D eigenvalue weighted by Crippen LogP contribution is -2.52. The van der Waals surface area contributed by atoms with Crippen LogP contribution in [-0.4, -0.2) is 68.8 Å². The molecule has 0 aliphatic carbocycles. The van der Waals surface area contributed by atoms with Crippen molar-refractivity contribution in [2.24, 2.45) is 0 Å². The average molecular weight is 340 g/mol. The Kier molecular flexibility index (Phi) is 7.15. The van der Waals surface area contributed by atoms with Crippen LogP contribution in [0.2, 0.25) is 5.02 Å². The van der Waals surface area contributed by atoms with Gasteiger partial charge in [-0.1, -0.05) is 30.7 Å². The van der Waals surface area contributed by atoms with Gasteiger partial charge in [-0.3, -0.25) is 4.90 Å². The molecule has 2 amide bonds. The predicted octanol–water partition coefficient (Wildman–Crippen LogP) is 2.42. The number of benzene rings is 1. The Hall–Kier alpha value is -1.30. The highest BCUT2D eigenvalue weighted by Crippen LogP contribution is 2.17. The Morgan fingerprint density at radius 3 is 2.52 bits per heavy atom. The van der Waals surface area contributed by atoms with Crippen molar-refractivity contribution < 1.29 is 9.53 Å². The molecule has 0 unspecified atom stereocenters. The van der Waals surface area contributed by atoms with Crippen LogP contribution in [0.3, 0.4) is 0 Å². The van der Waals surface area contributed by atoms with Crippen molar-refractivity contribution in [1.29, 1.82) is 0 Å². The molecule has 1 aromatic carbocycles. The van der Waals surface area contributed by atoms with Crippen LogP contribution in [0.4, 0.5) is 4.79 Å². The van der Waals surface area contributed by atoms with Crippen LogP contribution in [0.25, 0.3) is 0 Å². The van der Waals surface area contributed by atoms with Gasteiger partial charge in [0.1, 0.15) is 0 Å². The first kappa shape index (κ1) is 18.0. The van der Waals surface area contributed by atoms with E-state index < -0.39 is 0 Å². The smallest absolute Gasteiger partial charge is 0.317 e. The number of amides is 2. The number of carbonyl (C=O) groups is 1. The van der Waals surface area contributed by atoms with Crippen molar-refractivity contribution in [2.45, 2.75) is 12.8 Å². The minimum Gasteiger partial charge on any atom is -0.383 e. The molecular weight excluding hydrogens is 314 g/mol. The summed E-state index contributed by atoms with van der Waals surface area (Å²) in [6, 6.07) is 7.81. The van der Waals surface area contributed by atoms with Gasteiger partial charge in [-0.05, 0) is 23.6 Å². The van der Waals surface area contributed by atoms with Crippen molar-refractivity contribution in [3.63, 3.8) is 0 Å². The number of methoxy groups -OCH3 is 1. The Morgan fingerprint density at radius 2 is 1.91 bits per heavy atom. The summed E-state index contributed by atoms with van der Waals surface area (Å²) in [6.07, 6.45) is 0. The molecule has 5 nitrogen and oxygen atoms in total. The zero-order chi connectivity index (χ0) is 16.7. The third-order valence-corrected chi connectivity index (χ3v) is 4.52. The van der Waals surface area contributed by atoms with Crippen LogP contribution in [0.5, 0.6) is 0 Å². The Bertz CT molecular complexity index is 487. The van der Waals surface area contributed by atoms with Crippen LogP contribution in [0, 0.1) is 0 Å². The van der Waals surface area contributed by atoms with Crippen LogP contribution >= 0.6 is 11.6 Å². The highest BCUT2D eigenvalue weighted by molar-refractivity contribution is 6.30. The summed E-state index contributed by atoms with van der Waals surface area (Å²) in [5.74, 6) is 0.263. The molecule has 1 N–H and O–H groups in total. The number of halogens is 1. The molecule has 0 aromatic heterocycles. The molecule has 1 heterocycles. The molecule has 6 heteroatoms. The lowest BCUT2D eigenvalue weighted by atomic mass is 10.0. The maximum atomic E-state index is 12.3. The molecule has 0 saturated carbocycles. The van der Waals surface area contributed by atoms with Gasteiger partial charge in [0, 0.05) is 51.4 Å². The van der Waals surface area contributed by atoms with Crippen LogP contribution in [0.15, 0.2) is 24.3 Å². The van der Waals surface area contributed by atoms with Crippen LogP contribution in [-0.2, 0) is 4.74 Å². The third-order valence-electron chi connectivity index (χ3n) is 4.27. The van der Waals surface area contributed by atoms with Gasteiger partial charge in [0.15, 0.2) is 0 Å². The van der Waals surface area contributed by atoms with E-state index in [1.54, 1.807) is 7.11 Å². The fourth-order valence-electron chi connectivity index (χ4n) is 2.66. The van der Waals surface area contributed by atoms with E-state index in [0.29, 0.717) is 6.54 Å². The fourth-order valence-corrected chi connectivity index (χ4v) is 2.78. The number of urea groups is 1. The average Bonchev–Trinajstić information content (AvgIpc) is 2.58. The highest BCUT2D eigenvalue weighted by Gasteiger charge is 2.21. The second-order valence-electron chi connectivity index (χ2n) is 5.96. The molecule has 0 spiro atoms. The molecule has 128 valence electrons.